The van der Waals surface area contributed by atoms with Crippen molar-refractivity contribution >= 4 is 0 Å². The molecule has 0 amide bonds. The molecule has 2 saturated heterocycles. The first-order valence-corrected chi connectivity index (χ1v) is 4.12. The fraction of sp³-hybridized carbons (Fsp3) is 1.00. The van der Waals surface area contributed by atoms with Crippen molar-refractivity contribution < 1.29 is 0 Å². The summed E-state index contributed by atoms with van der Waals surface area (Å²) in [6, 6.07) is 0. The van der Waals surface area contributed by atoms with Gasteiger partial charge in [-0.2, -0.15) is 0 Å². The topological polar surface area (TPSA) is 41.3 Å². The molecular weight excluding hydrogens is 126 g/mol. The van der Waals surface area contributed by atoms with Crippen LogP contribution in [0, 0.1) is 0 Å². The zero-order valence-corrected chi connectivity index (χ0v) is 6.21. The average molecular weight is 141 g/mol. The Balaban J connectivity index is 1.96. The maximum absolute atomic E-state index is 5.75. The van der Waals surface area contributed by atoms with Crippen LogP contribution in [0.1, 0.15) is 19.3 Å². The lowest BCUT2D eigenvalue weighted by molar-refractivity contribution is 0.147. The molecule has 0 aromatic rings. The molecule has 2 aliphatic rings. The molecular formula is C7H15N3. The van der Waals surface area contributed by atoms with Gasteiger partial charge in [0.2, 0.25) is 0 Å². The summed E-state index contributed by atoms with van der Waals surface area (Å²) in [5.41, 5.74) is 5.75. The Morgan fingerprint density at radius 1 is 1.30 bits per heavy atom. The number of nitrogens with one attached hydrogen (secondary N) is 1. The highest BCUT2D eigenvalue weighted by Crippen LogP contribution is 2.18. The first-order chi connectivity index (χ1) is 4.86. The van der Waals surface area contributed by atoms with Crippen LogP contribution in [0.5, 0.6) is 0 Å². The monoisotopic (exact) mass is 141 g/mol. The molecule has 2 atom stereocenters. The Morgan fingerprint density at radius 3 is 3.10 bits per heavy atom. The molecule has 3 N–H and O–H groups in total. The molecule has 0 spiro atoms. The third kappa shape index (κ3) is 1.05. The molecule has 0 bridgehead atoms. The summed E-state index contributed by atoms with van der Waals surface area (Å²) in [5, 5.41) is 3.38. The van der Waals surface area contributed by atoms with Crippen LogP contribution in [0.2, 0.25) is 0 Å². The van der Waals surface area contributed by atoms with Crippen molar-refractivity contribution in [1.82, 2.24) is 10.2 Å². The summed E-state index contributed by atoms with van der Waals surface area (Å²) in [5.74, 6) is 0. The minimum absolute atomic E-state index is 0.249. The van der Waals surface area contributed by atoms with Gasteiger partial charge in [0.1, 0.15) is 0 Å². The maximum atomic E-state index is 5.75. The van der Waals surface area contributed by atoms with Gasteiger partial charge in [0.15, 0.2) is 0 Å². The minimum atomic E-state index is 0.249. The predicted octanol–water partition coefficient (Wildman–Crippen LogP) is -0.314. The SMILES string of the molecule is NC1CCN2CCCC2N1. The lowest BCUT2D eigenvalue weighted by Crippen LogP contribution is -2.56. The number of hydrogen-bond acceptors (Lipinski definition) is 3. The average Bonchev–Trinajstić information content (AvgIpc) is 2.33. The molecule has 0 aliphatic carbocycles. The zero-order valence-electron chi connectivity index (χ0n) is 6.21. The summed E-state index contributed by atoms with van der Waals surface area (Å²) in [6.07, 6.45) is 4.58. The number of rotatable bonds is 0. The van der Waals surface area contributed by atoms with Crippen LogP contribution in [0.15, 0.2) is 0 Å². The molecule has 0 radical (unpaired) electrons. The van der Waals surface area contributed by atoms with Crippen molar-refractivity contribution in [3.63, 3.8) is 0 Å². The second-order valence-corrected chi connectivity index (χ2v) is 3.26. The van der Waals surface area contributed by atoms with E-state index in [1.165, 1.54) is 25.9 Å². The van der Waals surface area contributed by atoms with Gasteiger partial charge in [-0.15, -0.1) is 0 Å². The summed E-state index contributed by atoms with van der Waals surface area (Å²) in [7, 11) is 0. The number of nitrogens with two attached hydrogens (primary N) is 1. The van der Waals surface area contributed by atoms with Gasteiger partial charge in [0, 0.05) is 6.54 Å². The van der Waals surface area contributed by atoms with Crippen molar-refractivity contribution in [3.8, 4) is 0 Å². The van der Waals surface area contributed by atoms with Gasteiger partial charge < -0.3 is 5.73 Å². The van der Waals surface area contributed by atoms with Crippen LogP contribution in [-0.4, -0.2) is 30.3 Å². The summed E-state index contributed by atoms with van der Waals surface area (Å²) >= 11 is 0. The van der Waals surface area contributed by atoms with Crippen LogP contribution in [0.4, 0.5) is 0 Å². The van der Waals surface area contributed by atoms with E-state index in [1.807, 2.05) is 0 Å². The smallest absolute Gasteiger partial charge is 0.0609 e. The van der Waals surface area contributed by atoms with E-state index >= 15 is 0 Å². The first-order valence-electron chi connectivity index (χ1n) is 4.12. The minimum Gasteiger partial charge on any atom is -0.316 e. The van der Waals surface area contributed by atoms with E-state index in [1.54, 1.807) is 0 Å². The maximum Gasteiger partial charge on any atom is 0.0609 e. The van der Waals surface area contributed by atoms with Crippen molar-refractivity contribution in [3.05, 3.63) is 0 Å². The molecule has 2 unspecified atom stereocenters. The third-order valence-electron chi connectivity index (χ3n) is 2.50. The Morgan fingerprint density at radius 2 is 2.20 bits per heavy atom. The molecule has 2 rings (SSSR count). The van der Waals surface area contributed by atoms with E-state index in [4.69, 9.17) is 5.73 Å². The van der Waals surface area contributed by atoms with Crippen molar-refractivity contribution in [2.24, 2.45) is 5.73 Å². The van der Waals surface area contributed by atoms with Crippen LogP contribution in [0.3, 0.4) is 0 Å². The van der Waals surface area contributed by atoms with Gasteiger partial charge in [0.25, 0.3) is 0 Å². The Hall–Kier alpha value is -0.120. The van der Waals surface area contributed by atoms with Gasteiger partial charge in [-0.05, 0) is 25.8 Å². The fourth-order valence-corrected chi connectivity index (χ4v) is 1.92. The fourth-order valence-electron chi connectivity index (χ4n) is 1.92. The summed E-state index contributed by atoms with van der Waals surface area (Å²) in [4.78, 5) is 2.49. The first kappa shape index (κ1) is 6.58. The molecule has 0 aromatic carbocycles. The molecule has 10 heavy (non-hydrogen) atoms. The normalized spacial score (nSPS) is 41.7. The van der Waals surface area contributed by atoms with E-state index in [2.05, 4.69) is 10.2 Å². The highest BCUT2D eigenvalue weighted by atomic mass is 15.3. The largest absolute Gasteiger partial charge is 0.316 e. The zero-order chi connectivity index (χ0) is 6.97. The number of fused-ring (bicyclic) bond motifs is 1. The Bertz CT molecular complexity index is 126. The van der Waals surface area contributed by atoms with Crippen LogP contribution in [-0.2, 0) is 0 Å². The standard InChI is InChI=1S/C7H15N3/c8-6-3-5-10-4-1-2-7(10)9-6/h6-7,9H,1-5,8H2. The molecule has 2 fully saturated rings. The van der Waals surface area contributed by atoms with E-state index in [9.17, 15) is 0 Å². The molecule has 2 heterocycles. The third-order valence-corrected chi connectivity index (χ3v) is 2.50. The van der Waals surface area contributed by atoms with Crippen molar-refractivity contribution in [1.29, 1.82) is 0 Å². The van der Waals surface area contributed by atoms with E-state index < -0.39 is 0 Å². The van der Waals surface area contributed by atoms with E-state index in [-0.39, 0.29) is 6.17 Å². The Kier molecular flexibility index (Phi) is 1.64. The van der Waals surface area contributed by atoms with Crippen LogP contribution >= 0.6 is 0 Å². The summed E-state index contributed by atoms with van der Waals surface area (Å²) < 4.78 is 0. The van der Waals surface area contributed by atoms with Gasteiger partial charge >= 0.3 is 0 Å². The van der Waals surface area contributed by atoms with Gasteiger partial charge in [-0.25, -0.2) is 0 Å². The van der Waals surface area contributed by atoms with Gasteiger partial charge in [0.05, 0.1) is 12.3 Å². The molecule has 58 valence electrons. The molecule has 0 saturated carbocycles. The number of nitrogens with zero attached hydrogens (tertiary/aromatic N) is 1. The second kappa shape index (κ2) is 2.49. The number of hydrogen-bond donors (Lipinski definition) is 2. The quantitative estimate of drug-likeness (QED) is 0.486. The van der Waals surface area contributed by atoms with Crippen LogP contribution < -0.4 is 11.1 Å². The lowest BCUT2D eigenvalue weighted by Gasteiger charge is -2.34. The molecule has 2 aliphatic heterocycles. The lowest BCUT2D eigenvalue weighted by atomic mass is 10.2. The molecule has 3 heteroatoms. The summed E-state index contributed by atoms with van der Waals surface area (Å²) in [6.45, 7) is 2.46. The van der Waals surface area contributed by atoms with E-state index in [0.717, 1.165) is 6.42 Å². The molecule has 0 aromatic heterocycles. The molecule has 3 nitrogen and oxygen atoms in total. The highest BCUT2D eigenvalue weighted by molar-refractivity contribution is 4.83. The van der Waals surface area contributed by atoms with Gasteiger partial charge in [-0.3, -0.25) is 10.2 Å². The van der Waals surface area contributed by atoms with Crippen LogP contribution in [0.25, 0.3) is 0 Å². The van der Waals surface area contributed by atoms with Gasteiger partial charge in [-0.1, -0.05) is 0 Å². The van der Waals surface area contributed by atoms with E-state index in [0.29, 0.717) is 6.17 Å². The highest BCUT2D eigenvalue weighted by Gasteiger charge is 2.29. The Labute approximate surface area is 61.6 Å². The van der Waals surface area contributed by atoms with Crippen molar-refractivity contribution in [2.75, 3.05) is 13.1 Å². The predicted molar refractivity (Wildman–Crippen MR) is 40.3 cm³/mol. The van der Waals surface area contributed by atoms with Crippen molar-refractivity contribution in [2.45, 2.75) is 31.6 Å². The second-order valence-electron chi connectivity index (χ2n) is 3.26.